The molecule has 0 aromatic rings. The Balaban J connectivity index is 1.82. The summed E-state index contributed by atoms with van der Waals surface area (Å²) in [5.41, 5.74) is 1.24. The Hall–Kier alpha value is -0.380. The van der Waals surface area contributed by atoms with Gasteiger partial charge in [-0.1, -0.05) is 13.5 Å². The number of hydrogen-bond acceptors (Lipinski definition) is 3. The summed E-state index contributed by atoms with van der Waals surface area (Å²) in [5.74, 6) is -0.424. The van der Waals surface area contributed by atoms with Crippen molar-refractivity contribution in [3.63, 3.8) is 0 Å². The summed E-state index contributed by atoms with van der Waals surface area (Å²) < 4.78 is 17.4. The molecule has 0 amide bonds. The first kappa shape index (κ1) is 13.1. The van der Waals surface area contributed by atoms with Gasteiger partial charge in [-0.05, 0) is 38.7 Å². The molecular formula is C14H24O3. The van der Waals surface area contributed by atoms with E-state index in [4.69, 9.17) is 14.2 Å². The zero-order valence-electron chi connectivity index (χ0n) is 11.2. The lowest BCUT2D eigenvalue weighted by molar-refractivity contribution is -0.144. The van der Waals surface area contributed by atoms with E-state index in [1.165, 1.54) is 5.57 Å². The normalized spacial score (nSPS) is 37.4. The van der Waals surface area contributed by atoms with E-state index >= 15 is 0 Å². The smallest absolute Gasteiger partial charge is 0.163 e. The Morgan fingerprint density at radius 3 is 2.71 bits per heavy atom. The van der Waals surface area contributed by atoms with Crippen LogP contribution in [0.3, 0.4) is 0 Å². The van der Waals surface area contributed by atoms with Crippen molar-refractivity contribution in [2.24, 2.45) is 0 Å². The minimum atomic E-state index is -0.424. The number of rotatable bonds is 3. The molecule has 0 aromatic heterocycles. The van der Waals surface area contributed by atoms with Crippen LogP contribution < -0.4 is 0 Å². The van der Waals surface area contributed by atoms with Crippen LogP contribution in [0.15, 0.2) is 12.2 Å². The maximum atomic E-state index is 6.04. The molecule has 2 fully saturated rings. The molecule has 0 aliphatic carbocycles. The van der Waals surface area contributed by atoms with E-state index in [1.807, 2.05) is 13.8 Å². The lowest BCUT2D eigenvalue weighted by Gasteiger charge is -2.32. The lowest BCUT2D eigenvalue weighted by Crippen LogP contribution is -2.32. The highest BCUT2D eigenvalue weighted by molar-refractivity contribution is 5.05. The predicted octanol–water partition coefficient (Wildman–Crippen LogP) is 3.04. The average molecular weight is 240 g/mol. The SMILES string of the molecule is C=C1CC[C@@H](C[C@@H]2COC(C)(C)O2)O[C@@H]1CC. The van der Waals surface area contributed by atoms with Gasteiger partial charge in [-0.25, -0.2) is 0 Å². The van der Waals surface area contributed by atoms with Gasteiger partial charge in [0.15, 0.2) is 5.79 Å². The van der Waals surface area contributed by atoms with Gasteiger partial charge in [0.2, 0.25) is 0 Å². The average Bonchev–Trinajstić information content (AvgIpc) is 2.61. The molecule has 98 valence electrons. The van der Waals surface area contributed by atoms with Crippen molar-refractivity contribution in [1.82, 2.24) is 0 Å². The summed E-state index contributed by atoms with van der Waals surface area (Å²) in [6.07, 6.45) is 4.82. The maximum Gasteiger partial charge on any atom is 0.163 e. The highest BCUT2D eigenvalue weighted by Crippen LogP contribution is 2.31. The van der Waals surface area contributed by atoms with E-state index < -0.39 is 5.79 Å². The van der Waals surface area contributed by atoms with Gasteiger partial charge < -0.3 is 14.2 Å². The standard InChI is InChI=1S/C14H24O3/c1-5-13-10(2)6-7-11(16-13)8-12-9-15-14(3,4)17-12/h11-13H,2,5-9H2,1,3-4H3/t11-,12+,13+/m0/s1. The quantitative estimate of drug-likeness (QED) is 0.710. The van der Waals surface area contributed by atoms with Gasteiger partial charge in [-0.15, -0.1) is 0 Å². The molecule has 2 heterocycles. The van der Waals surface area contributed by atoms with Crippen molar-refractivity contribution in [3.8, 4) is 0 Å². The van der Waals surface area contributed by atoms with Gasteiger partial charge >= 0.3 is 0 Å². The third kappa shape index (κ3) is 3.30. The van der Waals surface area contributed by atoms with Gasteiger partial charge in [0.25, 0.3) is 0 Å². The van der Waals surface area contributed by atoms with Crippen LogP contribution in [0.5, 0.6) is 0 Å². The van der Waals surface area contributed by atoms with Gasteiger partial charge in [-0.3, -0.25) is 0 Å². The molecule has 0 spiro atoms. The van der Waals surface area contributed by atoms with Gasteiger partial charge in [0.1, 0.15) is 0 Å². The zero-order valence-corrected chi connectivity index (χ0v) is 11.2. The van der Waals surface area contributed by atoms with E-state index in [0.717, 1.165) is 25.7 Å². The molecule has 2 aliphatic heterocycles. The van der Waals surface area contributed by atoms with Gasteiger partial charge in [0.05, 0.1) is 24.9 Å². The van der Waals surface area contributed by atoms with E-state index in [2.05, 4.69) is 13.5 Å². The monoisotopic (exact) mass is 240 g/mol. The molecule has 0 unspecified atom stereocenters. The molecule has 0 aromatic carbocycles. The predicted molar refractivity (Wildman–Crippen MR) is 66.8 cm³/mol. The number of hydrogen-bond donors (Lipinski definition) is 0. The minimum absolute atomic E-state index is 0.180. The van der Waals surface area contributed by atoms with Crippen molar-refractivity contribution in [3.05, 3.63) is 12.2 Å². The summed E-state index contributed by atoms with van der Waals surface area (Å²) >= 11 is 0. The summed E-state index contributed by atoms with van der Waals surface area (Å²) in [6.45, 7) is 10.8. The Morgan fingerprint density at radius 2 is 2.12 bits per heavy atom. The Kier molecular flexibility index (Phi) is 3.91. The molecule has 0 N–H and O–H groups in total. The van der Waals surface area contributed by atoms with Crippen LogP contribution in [0.25, 0.3) is 0 Å². The fourth-order valence-electron chi connectivity index (χ4n) is 2.63. The highest BCUT2D eigenvalue weighted by Gasteiger charge is 2.35. The van der Waals surface area contributed by atoms with E-state index in [-0.39, 0.29) is 12.2 Å². The highest BCUT2D eigenvalue weighted by atomic mass is 16.7. The van der Waals surface area contributed by atoms with Crippen LogP contribution in [0.1, 0.15) is 46.5 Å². The fourth-order valence-corrected chi connectivity index (χ4v) is 2.63. The lowest BCUT2D eigenvalue weighted by atomic mass is 9.95. The van der Waals surface area contributed by atoms with Crippen molar-refractivity contribution >= 4 is 0 Å². The van der Waals surface area contributed by atoms with Crippen molar-refractivity contribution in [1.29, 1.82) is 0 Å². The third-order valence-corrected chi connectivity index (χ3v) is 3.56. The van der Waals surface area contributed by atoms with E-state index in [0.29, 0.717) is 12.7 Å². The second-order valence-corrected chi connectivity index (χ2v) is 5.54. The molecule has 2 aliphatic rings. The van der Waals surface area contributed by atoms with Crippen molar-refractivity contribution in [2.45, 2.75) is 70.6 Å². The Bertz CT molecular complexity index is 285. The van der Waals surface area contributed by atoms with E-state index in [9.17, 15) is 0 Å². The second kappa shape index (κ2) is 5.09. The van der Waals surface area contributed by atoms with Gasteiger partial charge in [-0.2, -0.15) is 0 Å². The first-order chi connectivity index (χ1) is 8.00. The molecule has 2 rings (SSSR count). The van der Waals surface area contributed by atoms with Crippen LogP contribution >= 0.6 is 0 Å². The Labute approximate surface area is 104 Å². The van der Waals surface area contributed by atoms with Crippen molar-refractivity contribution in [2.75, 3.05) is 6.61 Å². The fraction of sp³-hybridized carbons (Fsp3) is 0.857. The molecule has 0 radical (unpaired) electrons. The molecule has 0 saturated carbocycles. The minimum Gasteiger partial charge on any atom is -0.371 e. The largest absolute Gasteiger partial charge is 0.371 e. The van der Waals surface area contributed by atoms with Crippen LogP contribution in [-0.2, 0) is 14.2 Å². The van der Waals surface area contributed by atoms with Crippen molar-refractivity contribution < 1.29 is 14.2 Å². The molecule has 2 saturated heterocycles. The molecule has 17 heavy (non-hydrogen) atoms. The first-order valence-electron chi connectivity index (χ1n) is 6.65. The van der Waals surface area contributed by atoms with Gasteiger partial charge in [0, 0.05) is 6.42 Å². The van der Waals surface area contributed by atoms with Crippen LogP contribution in [0.4, 0.5) is 0 Å². The summed E-state index contributed by atoms with van der Waals surface area (Å²) in [5, 5.41) is 0. The van der Waals surface area contributed by atoms with E-state index in [1.54, 1.807) is 0 Å². The summed E-state index contributed by atoms with van der Waals surface area (Å²) in [4.78, 5) is 0. The topological polar surface area (TPSA) is 27.7 Å². The van der Waals surface area contributed by atoms with Crippen LogP contribution in [-0.4, -0.2) is 30.7 Å². The van der Waals surface area contributed by atoms with Crippen LogP contribution in [0.2, 0.25) is 0 Å². The summed E-state index contributed by atoms with van der Waals surface area (Å²) in [7, 11) is 0. The Morgan fingerprint density at radius 1 is 1.35 bits per heavy atom. The molecule has 3 heteroatoms. The molecule has 3 atom stereocenters. The molecular weight excluding hydrogens is 216 g/mol. The zero-order chi connectivity index (χ0) is 12.5. The molecule has 0 bridgehead atoms. The second-order valence-electron chi connectivity index (χ2n) is 5.54. The third-order valence-electron chi connectivity index (χ3n) is 3.56. The van der Waals surface area contributed by atoms with Crippen LogP contribution in [0, 0.1) is 0 Å². The molecule has 3 nitrogen and oxygen atoms in total. The first-order valence-corrected chi connectivity index (χ1v) is 6.65. The number of ether oxygens (including phenoxy) is 3. The maximum absolute atomic E-state index is 6.04. The summed E-state index contributed by atoms with van der Waals surface area (Å²) in [6, 6.07) is 0.